The van der Waals surface area contributed by atoms with Crippen LogP contribution in [0.1, 0.15) is 39.5 Å². The van der Waals surface area contributed by atoms with Crippen LogP contribution in [0.25, 0.3) is 0 Å². The van der Waals surface area contributed by atoms with E-state index < -0.39 is 0 Å². The van der Waals surface area contributed by atoms with E-state index in [1.165, 1.54) is 31.3 Å². The molecule has 1 aliphatic carbocycles. The Hall–Kier alpha value is -0.300. The minimum absolute atomic E-state index is 0.731. The average molecular weight is 167 g/mol. The van der Waals surface area contributed by atoms with Crippen molar-refractivity contribution in [1.82, 2.24) is 5.32 Å². The highest BCUT2D eigenvalue weighted by Gasteiger charge is 2.24. The zero-order chi connectivity index (χ0) is 8.97. The normalized spacial score (nSPS) is 19.2. The van der Waals surface area contributed by atoms with Crippen molar-refractivity contribution in [2.45, 2.75) is 45.6 Å². The summed E-state index contributed by atoms with van der Waals surface area (Å²) in [4.78, 5) is 0. The van der Waals surface area contributed by atoms with Crippen LogP contribution in [0.5, 0.6) is 0 Å². The molecule has 0 aliphatic heterocycles. The molecule has 1 aliphatic rings. The van der Waals surface area contributed by atoms with Crippen LogP contribution in [-0.4, -0.2) is 12.6 Å². The van der Waals surface area contributed by atoms with Crippen molar-refractivity contribution >= 4 is 0 Å². The fraction of sp³-hybridized carbons (Fsp3) is 0.818. The molecule has 0 heterocycles. The maximum Gasteiger partial charge on any atom is 0.0161 e. The van der Waals surface area contributed by atoms with Gasteiger partial charge >= 0.3 is 0 Å². The van der Waals surface area contributed by atoms with Gasteiger partial charge in [-0.25, -0.2) is 0 Å². The molecule has 1 unspecified atom stereocenters. The van der Waals surface area contributed by atoms with Crippen molar-refractivity contribution < 1.29 is 0 Å². The summed E-state index contributed by atoms with van der Waals surface area (Å²) in [5, 5.41) is 3.54. The number of hydrogen-bond donors (Lipinski definition) is 1. The molecule has 0 saturated heterocycles. The minimum atomic E-state index is 0.731. The SMILES string of the molecule is C=C(C)CNC(CC)CC1CC1. The molecule has 1 heteroatoms. The molecule has 0 aromatic rings. The van der Waals surface area contributed by atoms with Crippen molar-refractivity contribution in [3.8, 4) is 0 Å². The van der Waals surface area contributed by atoms with Gasteiger partial charge in [-0.1, -0.05) is 31.9 Å². The Morgan fingerprint density at radius 3 is 2.67 bits per heavy atom. The highest BCUT2D eigenvalue weighted by molar-refractivity contribution is 4.92. The Morgan fingerprint density at radius 1 is 1.58 bits per heavy atom. The molecule has 1 rings (SSSR count). The Labute approximate surface area is 76.2 Å². The van der Waals surface area contributed by atoms with Crippen LogP contribution in [0.4, 0.5) is 0 Å². The molecule has 0 amide bonds. The van der Waals surface area contributed by atoms with Crippen LogP contribution in [0.3, 0.4) is 0 Å². The Kier molecular flexibility index (Phi) is 3.80. The first-order chi connectivity index (χ1) is 5.72. The van der Waals surface area contributed by atoms with Crippen LogP contribution in [-0.2, 0) is 0 Å². The van der Waals surface area contributed by atoms with Crippen molar-refractivity contribution in [2.24, 2.45) is 5.92 Å². The summed E-state index contributed by atoms with van der Waals surface area (Å²) in [7, 11) is 0. The lowest BCUT2D eigenvalue weighted by molar-refractivity contribution is 0.461. The van der Waals surface area contributed by atoms with E-state index in [4.69, 9.17) is 0 Å². The van der Waals surface area contributed by atoms with E-state index in [0.717, 1.165) is 18.5 Å². The van der Waals surface area contributed by atoms with E-state index in [9.17, 15) is 0 Å². The average Bonchev–Trinajstić information content (AvgIpc) is 2.81. The van der Waals surface area contributed by atoms with Gasteiger partial charge in [0.1, 0.15) is 0 Å². The predicted octanol–water partition coefficient (Wildman–Crippen LogP) is 2.73. The fourth-order valence-corrected chi connectivity index (χ4v) is 1.47. The molecule has 0 bridgehead atoms. The molecule has 12 heavy (non-hydrogen) atoms. The van der Waals surface area contributed by atoms with Crippen molar-refractivity contribution in [3.05, 3.63) is 12.2 Å². The van der Waals surface area contributed by atoms with Gasteiger partial charge in [-0.15, -0.1) is 0 Å². The van der Waals surface area contributed by atoms with Gasteiger partial charge in [-0.05, 0) is 25.7 Å². The molecular formula is C11H21N. The molecule has 1 saturated carbocycles. The third-order valence-corrected chi connectivity index (χ3v) is 2.50. The molecular weight excluding hydrogens is 146 g/mol. The summed E-state index contributed by atoms with van der Waals surface area (Å²) in [5.41, 5.74) is 1.24. The minimum Gasteiger partial charge on any atom is -0.310 e. The molecule has 0 aromatic carbocycles. The maximum absolute atomic E-state index is 3.89. The number of rotatable bonds is 6. The lowest BCUT2D eigenvalue weighted by atomic mass is 10.1. The van der Waals surface area contributed by atoms with Crippen LogP contribution in [0.15, 0.2) is 12.2 Å². The quantitative estimate of drug-likeness (QED) is 0.600. The third-order valence-electron chi connectivity index (χ3n) is 2.50. The lowest BCUT2D eigenvalue weighted by Gasteiger charge is -2.16. The summed E-state index contributed by atoms with van der Waals surface area (Å²) in [6.07, 6.45) is 5.56. The van der Waals surface area contributed by atoms with E-state index in [1.54, 1.807) is 0 Å². The summed E-state index contributed by atoms with van der Waals surface area (Å²) in [5.74, 6) is 1.03. The first kappa shape index (κ1) is 9.79. The highest BCUT2D eigenvalue weighted by atomic mass is 14.9. The molecule has 0 spiro atoms. The second kappa shape index (κ2) is 4.66. The van der Waals surface area contributed by atoms with E-state index in [-0.39, 0.29) is 0 Å². The first-order valence-corrected chi connectivity index (χ1v) is 5.10. The maximum atomic E-state index is 3.89. The van der Waals surface area contributed by atoms with Gasteiger partial charge in [0, 0.05) is 12.6 Å². The largest absolute Gasteiger partial charge is 0.310 e. The van der Waals surface area contributed by atoms with Crippen LogP contribution in [0.2, 0.25) is 0 Å². The summed E-state index contributed by atoms with van der Waals surface area (Å²) in [6.45, 7) is 9.23. The fourth-order valence-electron chi connectivity index (χ4n) is 1.47. The van der Waals surface area contributed by atoms with Crippen LogP contribution in [0, 0.1) is 5.92 Å². The topological polar surface area (TPSA) is 12.0 Å². The molecule has 1 atom stereocenters. The van der Waals surface area contributed by atoms with E-state index in [1.807, 2.05) is 0 Å². The van der Waals surface area contributed by atoms with E-state index in [2.05, 4.69) is 25.7 Å². The van der Waals surface area contributed by atoms with Crippen molar-refractivity contribution in [3.63, 3.8) is 0 Å². The Morgan fingerprint density at radius 2 is 2.25 bits per heavy atom. The van der Waals surface area contributed by atoms with E-state index in [0.29, 0.717) is 0 Å². The molecule has 1 fully saturated rings. The second-order valence-electron chi connectivity index (χ2n) is 4.12. The van der Waals surface area contributed by atoms with Gasteiger partial charge in [0.2, 0.25) is 0 Å². The van der Waals surface area contributed by atoms with Gasteiger partial charge in [0.15, 0.2) is 0 Å². The monoisotopic (exact) mass is 167 g/mol. The molecule has 1 N–H and O–H groups in total. The summed E-state index contributed by atoms with van der Waals surface area (Å²) in [6, 6.07) is 0.731. The van der Waals surface area contributed by atoms with Crippen molar-refractivity contribution in [2.75, 3.05) is 6.54 Å². The van der Waals surface area contributed by atoms with Gasteiger partial charge in [-0.2, -0.15) is 0 Å². The highest BCUT2D eigenvalue weighted by Crippen LogP contribution is 2.33. The molecule has 0 radical (unpaired) electrons. The summed E-state index contributed by atoms with van der Waals surface area (Å²) < 4.78 is 0. The molecule has 0 aromatic heterocycles. The molecule has 1 nitrogen and oxygen atoms in total. The van der Waals surface area contributed by atoms with Gasteiger partial charge < -0.3 is 5.32 Å². The third kappa shape index (κ3) is 3.91. The Balaban J connectivity index is 2.10. The number of hydrogen-bond acceptors (Lipinski definition) is 1. The molecule has 70 valence electrons. The second-order valence-corrected chi connectivity index (χ2v) is 4.12. The predicted molar refractivity (Wildman–Crippen MR) is 54.2 cm³/mol. The van der Waals surface area contributed by atoms with Gasteiger partial charge in [0.25, 0.3) is 0 Å². The van der Waals surface area contributed by atoms with Crippen LogP contribution < -0.4 is 5.32 Å². The summed E-state index contributed by atoms with van der Waals surface area (Å²) >= 11 is 0. The number of nitrogens with one attached hydrogen (secondary N) is 1. The van der Waals surface area contributed by atoms with Crippen LogP contribution >= 0.6 is 0 Å². The zero-order valence-corrected chi connectivity index (χ0v) is 8.40. The van der Waals surface area contributed by atoms with E-state index >= 15 is 0 Å². The smallest absolute Gasteiger partial charge is 0.0161 e. The standard InChI is InChI=1S/C11H21N/c1-4-11(7-10-5-6-10)12-8-9(2)3/h10-12H,2,4-8H2,1,3H3. The Bertz CT molecular complexity index is 147. The van der Waals surface area contributed by atoms with Gasteiger partial charge in [-0.3, -0.25) is 0 Å². The zero-order valence-electron chi connectivity index (χ0n) is 8.40. The lowest BCUT2D eigenvalue weighted by Crippen LogP contribution is -2.30. The van der Waals surface area contributed by atoms with Gasteiger partial charge in [0.05, 0.1) is 0 Å². The first-order valence-electron chi connectivity index (χ1n) is 5.10. The van der Waals surface area contributed by atoms with Crippen molar-refractivity contribution in [1.29, 1.82) is 0 Å².